The molecular weight excluding hydrogens is 406 g/mol. The second-order valence-electron chi connectivity index (χ2n) is 7.33. The van der Waals surface area contributed by atoms with Crippen LogP contribution in [0.2, 0.25) is 0 Å². The van der Waals surface area contributed by atoms with E-state index in [1.165, 1.54) is 0 Å². The van der Waals surface area contributed by atoms with Crippen molar-refractivity contribution in [2.24, 2.45) is 0 Å². The van der Waals surface area contributed by atoms with Gasteiger partial charge in [0.1, 0.15) is 36.2 Å². The lowest BCUT2D eigenvalue weighted by molar-refractivity contribution is -0.136. The Labute approximate surface area is 186 Å². The molecule has 0 saturated carbocycles. The van der Waals surface area contributed by atoms with Crippen LogP contribution in [0.1, 0.15) is 22.6 Å². The quantitative estimate of drug-likeness (QED) is 0.382. The molecule has 4 rings (SSSR count). The summed E-state index contributed by atoms with van der Waals surface area (Å²) in [5.41, 5.74) is 3.37. The van der Waals surface area contributed by atoms with Crippen LogP contribution in [0.15, 0.2) is 83.3 Å². The number of rotatable bonds is 9. The second-order valence-corrected chi connectivity index (χ2v) is 7.33. The van der Waals surface area contributed by atoms with Gasteiger partial charge >= 0.3 is 5.97 Å². The smallest absolute Gasteiger partial charge is 0.307 e. The van der Waals surface area contributed by atoms with Gasteiger partial charge in [-0.25, -0.2) is 4.98 Å². The molecule has 0 aliphatic carbocycles. The van der Waals surface area contributed by atoms with Crippen molar-refractivity contribution in [2.75, 3.05) is 0 Å². The molecule has 162 valence electrons. The Morgan fingerprint density at radius 3 is 2.38 bits per heavy atom. The predicted molar refractivity (Wildman–Crippen MR) is 120 cm³/mol. The molecule has 0 atom stereocenters. The number of nitrogens with zero attached hydrogens (tertiary/aromatic N) is 1. The zero-order valence-electron chi connectivity index (χ0n) is 17.7. The summed E-state index contributed by atoms with van der Waals surface area (Å²) in [6, 6.07) is 24.5. The summed E-state index contributed by atoms with van der Waals surface area (Å²) in [6.07, 6.45) is -0.0267. The highest BCUT2D eigenvalue weighted by molar-refractivity contribution is 5.70. The van der Waals surface area contributed by atoms with E-state index in [2.05, 4.69) is 4.98 Å². The number of hydrogen-bond acceptors (Lipinski definition) is 5. The topological polar surface area (TPSA) is 81.8 Å². The lowest BCUT2D eigenvalue weighted by Gasteiger charge is -2.09. The van der Waals surface area contributed by atoms with Crippen molar-refractivity contribution in [3.63, 3.8) is 0 Å². The van der Waals surface area contributed by atoms with Crippen molar-refractivity contribution in [1.29, 1.82) is 0 Å². The van der Waals surface area contributed by atoms with Crippen LogP contribution < -0.4 is 9.47 Å². The standard InChI is InChI=1S/C26H23NO5/c1-18-24(27-26(32-18)21-7-3-2-4-8-21)17-31-22-12-10-19(11-13-22)16-30-23-9-5-6-20(14-23)15-25(28)29/h2-14H,15-17H2,1H3,(H,28,29). The lowest BCUT2D eigenvalue weighted by Crippen LogP contribution is -2.01. The molecule has 32 heavy (non-hydrogen) atoms. The van der Waals surface area contributed by atoms with E-state index in [1.54, 1.807) is 18.2 Å². The van der Waals surface area contributed by atoms with Crippen LogP contribution in [0, 0.1) is 6.92 Å². The van der Waals surface area contributed by atoms with Gasteiger partial charge in [-0.2, -0.15) is 0 Å². The first kappa shape index (κ1) is 21.2. The first-order valence-corrected chi connectivity index (χ1v) is 10.2. The minimum absolute atomic E-state index is 0.0267. The van der Waals surface area contributed by atoms with E-state index >= 15 is 0 Å². The summed E-state index contributed by atoms with van der Waals surface area (Å²) in [4.78, 5) is 15.4. The van der Waals surface area contributed by atoms with Crippen LogP contribution in [-0.2, 0) is 24.4 Å². The van der Waals surface area contributed by atoms with E-state index in [0.717, 1.165) is 28.3 Å². The van der Waals surface area contributed by atoms with Gasteiger partial charge in [0.2, 0.25) is 5.89 Å². The monoisotopic (exact) mass is 429 g/mol. The van der Waals surface area contributed by atoms with Crippen LogP contribution in [0.5, 0.6) is 11.5 Å². The number of oxazole rings is 1. The zero-order valence-corrected chi connectivity index (χ0v) is 17.7. The van der Waals surface area contributed by atoms with Gasteiger partial charge in [0.05, 0.1) is 6.42 Å². The molecule has 1 N–H and O–H groups in total. The molecule has 0 aliphatic heterocycles. The Hall–Kier alpha value is -4.06. The van der Waals surface area contributed by atoms with E-state index in [-0.39, 0.29) is 6.42 Å². The molecular formula is C26H23NO5. The van der Waals surface area contributed by atoms with Gasteiger partial charge in [-0.15, -0.1) is 0 Å². The molecule has 0 aliphatic rings. The fraction of sp³-hybridized carbons (Fsp3) is 0.154. The van der Waals surface area contributed by atoms with Crippen molar-refractivity contribution >= 4 is 5.97 Å². The van der Waals surface area contributed by atoms with Crippen molar-refractivity contribution in [1.82, 2.24) is 4.98 Å². The normalized spacial score (nSPS) is 10.7. The molecule has 0 spiro atoms. The Morgan fingerprint density at radius 2 is 1.62 bits per heavy atom. The molecule has 6 nitrogen and oxygen atoms in total. The Kier molecular flexibility index (Phi) is 6.51. The number of carboxylic acid groups (broad SMARTS) is 1. The van der Waals surface area contributed by atoms with Crippen LogP contribution in [0.4, 0.5) is 0 Å². The maximum Gasteiger partial charge on any atom is 0.307 e. The maximum absolute atomic E-state index is 10.9. The first-order valence-electron chi connectivity index (χ1n) is 10.2. The molecule has 0 amide bonds. The average molecular weight is 429 g/mol. The van der Waals surface area contributed by atoms with Gasteiger partial charge in [0, 0.05) is 5.56 Å². The molecule has 4 aromatic rings. The van der Waals surface area contributed by atoms with Gasteiger partial charge in [0.15, 0.2) is 0 Å². The highest BCUT2D eigenvalue weighted by Crippen LogP contribution is 2.23. The minimum Gasteiger partial charge on any atom is -0.489 e. The van der Waals surface area contributed by atoms with E-state index in [4.69, 9.17) is 19.0 Å². The van der Waals surface area contributed by atoms with Crippen LogP contribution in [0.25, 0.3) is 11.5 Å². The van der Waals surface area contributed by atoms with E-state index in [9.17, 15) is 4.79 Å². The Morgan fingerprint density at radius 1 is 0.875 bits per heavy atom. The third-order valence-corrected chi connectivity index (χ3v) is 4.87. The van der Waals surface area contributed by atoms with Gasteiger partial charge in [0.25, 0.3) is 0 Å². The summed E-state index contributed by atoms with van der Waals surface area (Å²) in [5, 5.41) is 8.91. The second kappa shape index (κ2) is 9.83. The van der Waals surface area contributed by atoms with Gasteiger partial charge in [-0.1, -0.05) is 42.5 Å². The number of carboxylic acids is 1. The molecule has 0 bridgehead atoms. The number of hydrogen-bond donors (Lipinski definition) is 1. The summed E-state index contributed by atoms with van der Waals surface area (Å²) in [6.45, 7) is 2.57. The predicted octanol–water partition coefficient (Wildman–Crippen LogP) is 5.44. The molecule has 1 heterocycles. The molecule has 0 saturated heterocycles. The van der Waals surface area contributed by atoms with Crippen LogP contribution >= 0.6 is 0 Å². The number of aliphatic carboxylic acids is 1. The fourth-order valence-corrected chi connectivity index (χ4v) is 3.19. The summed E-state index contributed by atoms with van der Waals surface area (Å²) >= 11 is 0. The summed E-state index contributed by atoms with van der Waals surface area (Å²) in [5.74, 6) is 1.82. The highest BCUT2D eigenvalue weighted by Gasteiger charge is 2.12. The Bertz CT molecular complexity index is 1180. The molecule has 3 aromatic carbocycles. The largest absolute Gasteiger partial charge is 0.489 e. The number of ether oxygens (including phenoxy) is 2. The number of benzene rings is 3. The third kappa shape index (κ3) is 5.55. The van der Waals surface area contributed by atoms with Crippen LogP contribution in [0.3, 0.4) is 0 Å². The van der Waals surface area contributed by atoms with Crippen molar-refractivity contribution in [3.8, 4) is 23.0 Å². The van der Waals surface area contributed by atoms with Gasteiger partial charge < -0.3 is 19.0 Å². The van der Waals surface area contributed by atoms with Crippen LogP contribution in [-0.4, -0.2) is 16.1 Å². The van der Waals surface area contributed by atoms with Crippen molar-refractivity contribution in [2.45, 2.75) is 26.6 Å². The molecule has 1 aromatic heterocycles. The number of carbonyl (C=O) groups is 1. The highest BCUT2D eigenvalue weighted by atomic mass is 16.5. The Balaban J connectivity index is 1.32. The van der Waals surface area contributed by atoms with E-state index in [1.807, 2.05) is 67.6 Å². The van der Waals surface area contributed by atoms with E-state index in [0.29, 0.717) is 30.4 Å². The fourth-order valence-electron chi connectivity index (χ4n) is 3.19. The molecule has 0 unspecified atom stereocenters. The number of aryl methyl sites for hydroxylation is 1. The first-order chi connectivity index (χ1) is 15.6. The SMILES string of the molecule is Cc1oc(-c2ccccc2)nc1COc1ccc(COc2cccc(CC(=O)O)c2)cc1. The maximum atomic E-state index is 10.9. The average Bonchev–Trinajstić information content (AvgIpc) is 3.18. The van der Waals surface area contributed by atoms with Crippen molar-refractivity contribution < 1.29 is 23.8 Å². The molecule has 0 fully saturated rings. The van der Waals surface area contributed by atoms with Gasteiger partial charge in [-0.3, -0.25) is 4.79 Å². The third-order valence-electron chi connectivity index (χ3n) is 4.87. The zero-order chi connectivity index (χ0) is 22.3. The summed E-state index contributed by atoms with van der Waals surface area (Å²) < 4.78 is 17.4. The lowest BCUT2D eigenvalue weighted by atomic mass is 10.1. The minimum atomic E-state index is -0.866. The van der Waals surface area contributed by atoms with Gasteiger partial charge in [-0.05, 0) is 54.4 Å². The molecule has 6 heteroatoms. The summed E-state index contributed by atoms with van der Waals surface area (Å²) in [7, 11) is 0. The van der Waals surface area contributed by atoms with E-state index < -0.39 is 5.97 Å². The number of aromatic nitrogens is 1. The molecule has 0 radical (unpaired) electrons. The van der Waals surface area contributed by atoms with Crippen molar-refractivity contribution in [3.05, 3.63) is 101 Å².